The Kier molecular flexibility index (Phi) is 5.07. The van der Waals surface area contributed by atoms with Crippen molar-refractivity contribution in [1.82, 2.24) is 4.90 Å². The molecule has 2 rings (SSSR count). The van der Waals surface area contributed by atoms with Crippen molar-refractivity contribution in [3.63, 3.8) is 0 Å². The van der Waals surface area contributed by atoms with Crippen LogP contribution < -0.4 is 5.73 Å². The topological polar surface area (TPSA) is 29.3 Å². The Labute approximate surface area is 119 Å². The van der Waals surface area contributed by atoms with Crippen molar-refractivity contribution in [2.24, 2.45) is 11.1 Å². The maximum atomic E-state index is 6.04. The van der Waals surface area contributed by atoms with E-state index in [1.54, 1.807) is 11.3 Å². The molecule has 2 N–H and O–H groups in total. The van der Waals surface area contributed by atoms with E-state index < -0.39 is 0 Å². The molecular weight excluding hydrogens is 264 g/mol. The minimum absolute atomic E-state index is 0.355. The van der Waals surface area contributed by atoms with E-state index in [0.717, 1.165) is 24.0 Å². The predicted octanol–water partition coefficient (Wildman–Crippen LogP) is 3.74. The summed E-state index contributed by atoms with van der Waals surface area (Å²) in [6.45, 7) is 2.92. The first-order valence-corrected chi connectivity index (χ1v) is 7.96. The number of hydrogen-bond donors (Lipinski definition) is 1. The highest BCUT2D eigenvalue weighted by Crippen LogP contribution is 2.36. The number of thiophene rings is 1. The third kappa shape index (κ3) is 3.70. The first kappa shape index (κ1) is 14.3. The van der Waals surface area contributed by atoms with Gasteiger partial charge < -0.3 is 10.6 Å². The van der Waals surface area contributed by atoms with Gasteiger partial charge in [-0.3, -0.25) is 0 Å². The number of hydrogen-bond acceptors (Lipinski definition) is 3. The quantitative estimate of drug-likeness (QED) is 0.893. The summed E-state index contributed by atoms with van der Waals surface area (Å²) in [4.78, 5) is 3.74. The maximum Gasteiger partial charge on any atom is 0.0931 e. The van der Waals surface area contributed by atoms with Crippen LogP contribution in [0.3, 0.4) is 0 Å². The molecule has 0 atom stereocenters. The van der Waals surface area contributed by atoms with Gasteiger partial charge in [-0.1, -0.05) is 30.9 Å². The molecule has 0 aromatic carbocycles. The minimum atomic E-state index is 0.355. The summed E-state index contributed by atoms with van der Waals surface area (Å²) in [7, 11) is 2.19. The van der Waals surface area contributed by atoms with Crippen molar-refractivity contribution >= 4 is 22.9 Å². The van der Waals surface area contributed by atoms with E-state index in [2.05, 4.69) is 18.0 Å². The van der Waals surface area contributed by atoms with Gasteiger partial charge in [0.25, 0.3) is 0 Å². The van der Waals surface area contributed by atoms with Crippen LogP contribution in [0, 0.1) is 5.41 Å². The van der Waals surface area contributed by atoms with Gasteiger partial charge in [0.15, 0.2) is 0 Å². The standard InChI is InChI=1S/C14H23ClN2S/c1-17(9-12-5-6-13(15)18-12)11-14(10-16)7-3-2-4-8-14/h5-6H,2-4,7-11,16H2,1H3. The first-order valence-electron chi connectivity index (χ1n) is 6.76. The Bertz CT molecular complexity index is 372. The fourth-order valence-corrected chi connectivity index (χ4v) is 4.23. The normalized spacial score (nSPS) is 19.3. The summed E-state index contributed by atoms with van der Waals surface area (Å²) in [5, 5.41) is 0. The average molecular weight is 287 g/mol. The van der Waals surface area contributed by atoms with Gasteiger partial charge in [-0.05, 0) is 44.0 Å². The Hall–Kier alpha value is -0.0900. The Morgan fingerprint density at radius 2 is 2.06 bits per heavy atom. The molecule has 1 aromatic rings. The van der Waals surface area contributed by atoms with Crippen LogP contribution in [-0.4, -0.2) is 25.0 Å². The molecule has 0 aliphatic heterocycles. The summed E-state index contributed by atoms with van der Waals surface area (Å²) in [6.07, 6.45) is 6.65. The van der Waals surface area contributed by atoms with Gasteiger partial charge in [0.1, 0.15) is 0 Å². The second-order valence-corrected chi connectivity index (χ2v) is 7.44. The molecule has 0 saturated heterocycles. The number of halogens is 1. The van der Waals surface area contributed by atoms with Crippen molar-refractivity contribution in [3.05, 3.63) is 21.3 Å². The van der Waals surface area contributed by atoms with Crippen molar-refractivity contribution in [1.29, 1.82) is 0 Å². The second kappa shape index (κ2) is 6.38. The molecule has 0 spiro atoms. The van der Waals surface area contributed by atoms with Crippen LogP contribution in [0.25, 0.3) is 0 Å². The molecular formula is C14H23ClN2S. The molecule has 0 unspecified atom stereocenters. The van der Waals surface area contributed by atoms with E-state index in [-0.39, 0.29) is 0 Å². The molecule has 1 aliphatic carbocycles. The molecule has 4 heteroatoms. The summed E-state index contributed by atoms with van der Waals surface area (Å²) in [5.74, 6) is 0. The molecule has 1 aromatic heterocycles. The number of rotatable bonds is 5. The zero-order valence-corrected chi connectivity index (χ0v) is 12.7. The van der Waals surface area contributed by atoms with Crippen molar-refractivity contribution in [2.45, 2.75) is 38.6 Å². The average Bonchev–Trinajstić information content (AvgIpc) is 2.75. The lowest BCUT2D eigenvalue weighted by Crippen LogP contribution is -2.42. The third-order valence-corrected chi connectivity index (χ3v) is 5.22. The van der Waals surface area contributed by atoms with E-state index in [0.29, 0.717) is 5.41 Å². The van der Waals surface area contributed by atoms with Gasteiger partial charge in [-0.25, -0.2) is 0 Å². The highest BCUT2D eigenvalue weighted by molar-refractivity contribution is 7.16. The second-order valence-electron chi connectivity index (χ2n) is 5.64. The van der Waals surface area contributed by atoms with Gasteiger partial charge in [0.05, 0.1) is 4.34 Å². The number of nitrogens with zero attached hydrogens (tertiary/aromatic N) is 1. The van der Waals surface area contributed by atoms with E-state index >= 15 is 0 Å². The molecule has 1 aliphatic rings. The Morgan fingerprint density at radius 3 is 2.61 bits per heavy atom. The van der Waals surface area contributed by atoms with E-state index in [1.165, 1.54) is 37.0 Å². The third-order valence-electron chi connectivity index (χ3n) is 4.01. The van der Waals surface area contributed by atoms with E-state index in [9.17, 15) is 0 Å². The first-order chi connectivity index (χ1) is 8.63. The Balaban J connectivity index is 1.90. The SMILES string of the molecule is CN(Cc1ccc(Cl)s1)CC1(CN)CCCCC1. The molecule has 0 bridgehead atoms. The van der Waals surface area contributed by atoms with E-state index in [1.807, 2.05) is 6.07 Å². The molecule has 0 amide bonds. The lowest BCUT2D eigenvalue weighted by atomic mass is 9.74. The van der Waals surface area contributed by atoms with Crippen LogP contribution in [0.2, 0.25) is 4.34 Å². The van der Waals surface area contributed by atoms with E-state index in [4.69, 9.17) is 17.3 Å². The maximum absolute atomic E-state index is 6.04. The van der Waals surface area contributed by atoms with Gasteiger partial charge in [0.2, 0.25) is 0 Å². The molecule has 1 saturated carbocycles. The van der Waals surface area contributed by atoms with Crippen molar-refractivity contribution < 1.29 is 0 Å². The molecule has 1 heterocycles. The van der Waals surface area contributed by atoms with Gasteiger partial charge in [0, 0.05) is 18.0 Å². The molecule has 0 radical (unpaired) electrons. The fraction of sp³-hybridized carbons (Fsp3) is 0.714. The lowest BCUT2D eigenvalue weighted by Gasteiger charge is -2.39. The summed E-state index contributed by atoms with van der Waals surface area (Å²) in [5.41, 5.74) is 6.39. The monoisotopic (exact) mass is 286 g/mol. The summed E-state index contributed by atoms with van der Waals surface area (Å²) < 4.78 is 0.879. The van der Waals surface area contributed by atoms with Crippen LogP contribution in [0.1, 0.15) is 37.0 Å². The Morgan fingerprint density at radius 1 is 1.33 bits per heavy atom. The van der Waals surface area contributed by atoms with Crippen LogP contribution >= 0.6 is 22.9 Å². The highest BCUT2D eigenvalue weighted by Gasteiger charge is 2.31. The molecule has 102 valence electrons. The van der Waals surface area contributed by atoms with Crippen molar-refractivity contribution in [2.75, 3.05) is 20.1 Å². The molecule has 18 heavy (non-hydrogen) atoms. The van der Waals surface area contributed by atoms with Crippen molar-refractivity contribution in [3.8, 4) is 0 Å². The summed E-state index contributed by atoms with van der Waals surface area (Å²) in [6, 6.07) is 4.11. The zero-order valence-electron chi connectivity index (χ0n) is 11.1. The largest absolute Gasteiger partial charge is 0.330 e. The van der Waals surface area contributed by atoms with Crippen LogP contribution in [0.5, 0.6) is 0 Å². The van der Waals surface area contributed by atoms with Crippen LogP contribution in [-0.2, 0) is 6.54 Å². The lowest BCUT2D eigenvalue weighted by molar-refractivity contribution is 0.125. The molecule has 1 fully saturated rings. The highest BCUT2D eigenvalue weighted by atomic mass is 35.5. The predicted molar refractivity (Wildman–Crippen MR) is 80.2 cm³/mol. The molecule has 2 nitrogen and oxygen atoms in total. The smallest absolute Gasteiger partial charge is 0.0931 e. The number of nitrogens with two attached hydrogens (primary N) is 1. The summed E-state index contributed by atoms with van der Waals surface area (Å²) >= 11 is 7.65. The minimum Gasteiger partial charge on any atom is -0.330 e. The zero-order chi connectivity index (χ0) is 13.0. The van der Waals surface area contributed by atoms with Gasteiger partial charge in [-0.2, -0.15) is 0 Å². The van der Waals surface area contributed by atoms with Crippen LogP contribution in [0.4, 0.5) is 0 Å². The fourth-order valence-electron chi connectivity index (χ4n) is 3.06. The van der Waals surface area contributed by atoms with Crippen LogP contribution in [0.15, 0.2) is 12.1 Å². The van der Waals surface area contributed by atoms with Gasteiger partial charge in [-0.15, -0.1) is 11.3 Å². The van der Waals surface area contributed by atoms with Gasteiger partial charge >= 0.3 is 0 Å².